The molecule has 1 fully saturated rings. The fourth-order valence-electron chi connectivity index (χ4n) is 1.96. The Morgan fingerprint density at radius 1 is 1.36 bits per heavy atom. The van der Waals surface area contributed by atoms with Crippen molar-refractivity contribution in [2.45, 2.75) is 31.8 Å². The molecule has 0 spiro atoms. The van der Waals surface area contributed by atoms with Gasteiger partial charge in [-0.3, -0.25) is 0 Å². The van der Waals surface area contributed by atoms with E-state index in [-0.39, 0.29) is 0 Å². The summed E-state index contributed by atoms with van der Waals surface area (Å²) in [6, 6.07) is 5.98. The van der Waals surface area contributed by atoms with E-state index in [2.05, 4.69) is 0 Å². The number of methoxy groups -OCH3 is 1. The maximum atomic E-state index is 10.2. The van der Waals surface area contributed by atoms with Gasteiger partial charge in [-0.25, -0.2) is 0 Å². The summed E-state index contributed by atoms with van der Waals surface area (Å²) in [5.41, 5.74) is 1.48. The zero-order chi connectivity index (χ0) is 10.2. The van der Waals surface area contributed by atoms with Gasteiger partial charge in [0.25, 0.3) is 0 Å². The molecule has 2 rings (SSSR count). The van der Waals surface area contributed by atoms with Gasteiger partial charge in [0, 0.05) is 5.56 Å². The van der Waals surface area contributed by atoms with Crippen molar-refractivity contribution in [1.29, 1.82) is 0 Å². The van der Waals surface area contributed by atoms with Crippen LogP contribution in [-0.4, -0.2) is 12.2 Å². The summed E-state index contributed by atoms with van der Waals surface area (Å²) in [6.07, 6.45) is 2.81. The van der Waals surface area contributed by atoms with Gasteiger partial charge in [-0.15, -0.1) is 0 Å². The van der Waals surface area contributed by atoms with E-state index in [4.69, 9.17) is 4.74 Å². The summed E-state index contributed by atoms with van der Waals surface area (Å²) in [7, 11) is 1.65. The maximum Gasteiger partial charge on any atom is 0.125 e. The van der Waals surface area contributed by atoms with Crippen LogP contribution in [0.4, 0.5) is 0 Å². The fourth-order valence-corrected chi connectivity index (χ4v) is 1.96. The van der Waals surface area contributed by atoms with Gasteiger partial charge in [0.1, 0.15) is 5.75 Å². The van der Waals surface area contributed by atoms with Crippen LogP contribution in [0.2, 0.25) is 0 Å². The Morgan fingerprint density at radius 3 is 2.57 bits per heavy atom. The van der Waals surface area contributed by atoms with E-state index < -0.39 is 5.60 Å². The van der Waals surface area contributed by atoms with E-state index in [1.54, 1.807) is 7.11 Å². The Kier molecular flexibility index (Phi) is 2.23. The molecule has 2 nitrogen and oxygen atoms in total. The molecular formula is C12H16O2. The molecular weight excluding hydrogens is 176 g/mol. The van der Waals surface area contributed by atoms with Crippen LogP contribution < -0.4 is 4.74 Å². The molecule has 0 saturated heterocycles. The molecule has 14 heavy (non-hydrogen) atoms. The minimum atomic E-state index is -0.626. The third-order valence-corrected chi connectivity index (χ3v) is 3.04. The van der Waals surface area contributed by atoms with Crippen LogP contribution >= 0.6 is 0 Å². The molecule has 0 heterocycles. The standard InChI is InChI=1S/C12H16O2/c1-9-4-5-10(11(8-9)14-2)12(13)6-3-7-12/h4-5,8,13H,3,6-7H2,1-2H3. The Bertz CT molecular complexity index is 340. The number of benzene rings is 1. The predicted octanol–water partition coefficient (Wildman–Crippen LogP) is 2.38. The molecule has 1 aromatic carbocycles. The molecule has 1 N–H and O–H groups in total. The molecule has 0 unspecified atom stereocenters. The van der Waals surface area contributed by atoms with Gasteiger partial charge in [0.05, 0.1) is 12.7 Å². The number of aliphatic hydroxyl groups is 1. The number of hydrogen-bond donors (Lipinski definition) is 1. The average Bonchev–Trinajstić information content (AvgIpc) is 2.14. The largest absolute Gasteiger partial charge is 0.496 e. The lowest BCUT2D eigenvalue weighted by Crippen LogP contribution is -2.34. The number of aryl methyl sites for hydroxylation is 1. The molecule has 0 aliphatic heterocycles. The molecule has 1 saturated carbocycles. The van der Waals surface area contributed by atoms with Gasteiger partial charge in [-0.1, -0.05) is 12.1 Å². The highest BCUT2D eigenvalue weighted by atomic mass is 16.5. The van der Waals surface area contributed by atoms with Gasteiger partial charge in [0.15, 0.2) is 0 Å². The Labute approximate surface area is 84.5 Å². The van der Waals surface area contributed by atoms with Crippen LogP contribution in [0, 0.1) is 6.92 Å². The second kappa shape index (κ2) is 3.28. The molecule has 0 bridgehead atoms. The van der Waals surface area contributed by atoms with Gasteiger partial charge in [0.2, 0.25) is 0 Å². The van der Waals surface area contributed by atoms with Crippen molar-refractivity contribution in [2.24, 2.45) is 0 Å². The summed E-state index contributed by atoms with van der Waals surface area (Å²) in [4.78, 5) is 0. The first-order valence-electron chi connectivity index (χ1n) is 5.03. The first-order chi connectivity index (χ1) is 6.65. The molecule has 1 aliphatic rings. The van der Waals surface area contributed by atoms with E-state index >= 15 is 0 Å². The van der Waals surface area contributed by atoms with Gasteiger partial charge < -0.3 is 9.84 Å². The molecule has 2 heteroatoms. The zero-order valence-corrected chi connectivity index (χ0v) is 8.71. The molecule has 1 aromatic rings. The smallest absolute Gasteiger partial charge is 0.125 e. The van der Waals surface area contributed by atoms with E-state index in [0.29, 0.717) is 0 Å². The van der Waals surface area contributed by atoms with Crippen molar-refractivity contribution >= 4 is 0 Å². The predicted molar refractivity (Wildman–Crippen MR) is 55.5 cm³/mol. The lowest BCUT2D eigenvalue weighted by atomic mass is 9.74. The maximum absolute atomic E-state index is 10.2. The minimum absolute atomic E-state index is 0.626. The monoisotopic (exact) mass is 192 g/mol. The highest BCUT2D eigenvalue weighted by Gasteiger charge is 2.38. The SMILES string of the molecule is COc1cc(C)ccc1C1(O)CCC1. The van der Waals surface area contributed by atoms with E-state index in [0.717, 1.165) is 36.1 Å². The van der Waals surface area contributed by atoms with Crippen LogP contribution in [-0.2, 0) is 5.60 Å². The van der Waals surface area contributed by atoms with Crippen LogP contribution in [0.15, 0.2) is 18.2 Å². The van der Waals surface area contributed by atoms with Gasteiger partial charge in [-0.2, -0.15) is 0 Å². The van der Waals surface area contributed by atoms with Crippen LogP contribution in [0.5, 0.6) is 5.75 Å². The molecule has 0 radical (unpaired) electrons. The van der Waals surface area contributed by atoms with E-state index in [9.17, 15) is 5.11 Å². The van der Waals surface area contributed by atoms with E-state index in [1.807, 2.05) is 25.1 Å². The Hall–Kier alpha value is -1.02. The highest BCUT2D eigenvalue weighted by molar-refractivity contribution is 5.41. The summed E-state index contributed by atoms with van der Waals surface area (Å²) in [5, 5.41) is 10.2. The van der Waals surface area contributed by atoms with E-state index in [1.165, 1.54) is 0 Å². The Morgan fingerprint density at radius 2 is 2.07 bits per heavy atom. The second-order valence-electron chi connectivity index (χ2n) is 4.09. The Balaban J connectivity index is 2.41. The first kappa shape index (κ1) is 9.53. The molecule has 0 amide bonds. The van der Waals surface area contributed by atoms with Crippen molar-refractivity contribution in [2.75, 3.05) is 7.11 Å². The molecule has 1 aliphatic carbocycles. The van der Waals surface area contributed by atoms with Crippen molar-refractivity contribution in [3.05, 3.63) is 29.3 Å². The number of hydrogen-bond acceptors (Lipinski definition) is 2. The topological polar surface area (TPSA) is 29.5 Å². The highest BCUT2D eigenvalue weighted by Crippen LogP contribution is 2.44. The van der Waals surface area contributed by atoms with Crippen molar-refractivity contribution in [1.82, 2.24) is 0 Å². The van der Waals surface area contributed by atoms with Crippen molar-refractivity contribution in [3.8, 4) is 5.75 Å². The second-order valence-corrected chi connectivity index (χ2v) is 4.09. The van der Waals surface area contributed by atoms with Crippen molar-refractivity contribution in [3.63, 3.8) is 0 Å². The first-order valence-corrected chi connectivity index (χ1v) is 5.03. The lowest BCUT2D eigenvalue weighted by molar-refractivity contribution is -0.0404. The number of rotatable bonds is 2. The van der Waals surface area contributed by atoms with Crippen LogP contribution in [0.1, 0.15) is 30.4 Å². The quantitative estimate of drug-likeness (QED) is 0.779. The third kappa shape index (κ3) is 1.40. The summed E-state index contributed by atoms with van der Waals surface area (Å²) in [5.74, 6) is 0.812. The third-order valence-electron chi connectivity index (χ3n) is 3.04. The minimum Gasteiger partial charge on any atom is -0.496 e. The van der Waals surface area contributed by atoms with Gasteiger partial charge >= 0.3 is 0 Å². The molecule has 0 atom stereocenters. The van der Waals surface area contributed by atoms with Crippen LogP contribution in [0.25, 0.3) is 0 Å². The zero-order valence-electron chi connectivity index (χ0n) is 8.71. The summed E-state index contributed by atoms with van der Waals surface area (Å²) >= 11 is 0. The molecule has 76 valence electrons. The lowest BCUT2D eigenvalue weighted by Gasteiger charge is -2.37. The fraction of sp³-hybridized carbons (Fsp3) is 0.500. The van der Waals surface area contributed by atoms with Crippen LogP contribution in [0.3, 0.4) is 0 Å². The van der Waals surface area contributed by atoms with Crippen molar-refractivity contribution < 1.29 is 9.84 Å². The summed E-state index contributed by atoms with van der Waals surface area (Å²) in [6.45, 7) is 2.02. The normalized spacial score (nSPS) is 18.8. The average molecular weight is 192 g/mol. The van der Waals surface area contributed by atoms with Gasteiger partial charge in [-0.05, 0) is 37.8 Å². The molecule has 0 aromatic heterocycles. The summed E-state index contributed by atoms with van der Waals surface area (Å²) < 4.78 is 5.29. The number of ether oxygens (including phenoxy) is 1.